The zero-order valence-corrected chi connectivity index (χ0v) is 27.0. The van der Waals surface area contributed by atoms with Crippen LogP contribution in [0.1, 0.15) is 0 Å². The summed E-state index contributed by atoms with van der Waals surface area (Å²) >= 11 is 0. The van der Waals surface area contributed by atoms with Crippen molar-refractivity contribution in [3.05, 3.63) is 176 Å². The van der Waals surface area contributed by atoms with Gasteiger partial charge in [-0.2, -0.15) is 0 Å². The van der Waals surface area contributed by atoms with Gasteiger partial charge in [0, 0.05) is 44.0 Å². The van der Waals surface area contributed by atoms with E-state index in [2.05, 4.69) is 159 Å². The molecule has 5 nitrogen and oxygen atoms in total. The Morgan fingerprint density at radius 3 is 1.64 bits per heavy atom. The molecule has 3 heterocycles. The number of benzene rings is 7. The van der Waals surface area contributed by atoms with Crippen LogP contribution in [0.15, 0.2) is 176 Å². The molecule has 0 atom stereocenters. The molecule has 0 aliphatic carbocycles. The Morgan fingerprint density at radius 2 is 0.860 bits per heavy atom. The number of nitrogens with zero attached hydrogens (tertiary/aromatic N) is 5. The van der Waals surface area contributed by atoms with Crippen molar-refractivity contribution in [2.75, 3.05) is 0 Å². The van der Waals surface area contributed by atoms with Gasteiger partial charge in [-0.1, -0.05) is 115 Å². The summed E-state index contributed by atoms with van der Waals surface area (Å²) in [4.78, 5) is 13.9. The first kappa shape index (κ1) is 28.2. The smallest absolute Gasteiger partial charge is 0.163 e. The predicted molar refractivity (Wildman–Crippen MR) is 205 cm³/mol. The van der Waals surface area contributed by atoms with Crippen LogP contribution in [0.25, 0.3) is 88.9 Å². The molecule has 7 aromatic carbocycles. The quantitative estimate of drug-likeness (QED) is 0.188. The Bertz CT molecular complexity index is 2870. The molecule has 10 aromatic rings. The second-order valence-electron chi connectivity index (χ2n) is 12.6. The number of hydrogen-bond acceptors (Lipinski definition) is 3. The molecule has 0 amide bonds. The molecule has 0 fully saturated rings. The van der Waals surface area contributed by atoms with E-state index in [0.717, 1.165) is 33.5 Å². The molecule has 50 heavy (non-hydrogen) atoms. The number of para-hydroxylation sites is 3. The molecule has 0 aliphatic rings. The number of aromatic nitrogens is 5. The average Bonchev–Trinajstić information content (AvgIpc) is 3.71. The molecule has 0 saturated heterocycles. The lowest BCUT2D eigenvalue weighted by atomic mass is 10.0. The molecule has 5 heteroatoms. The molecule has 0 bridgehead atoms. The Kier molecular flexibility index (Phi) is 6.42. The molecule has 0 N–H and O–H groups in total. The van der Waals surface area contributed by atoms with Gasteiger partial charge in [0.25, 0.3) is 0 Å². The molecule has 0 aliphatic heterocycles. The van der Waals surface area contributed by atoms with Crippen LogP contribution in [0.3, 0.4) is 0 Å². The van der Waals surface area contributed by atoms with E-state index in [-0.39, 0.29) is 0 Å². The fourth-order valence-electron chi connectivity index (χ4n) is 7.38. The lowest BCUT2D eigenvalue weighted by molar-refractivity contribution is 1.06. The average molecular weight is 640 g/mol. The number of rotatable bonds is 5. The Labute approximate surface area is 288 Å². The molecule has 3 aromatic heterocycles. The minimum Gasteiger partial charge on any atom is -0.309 e. The molecule has 0 radical (unpaired) electrons. The van der Waals surface area contributed by atoms with Gasteiger partial charge < -0.3 is 9.13 Å². The summed E-state index contributed by atoms with van der Waals surface area (Å²) in [5, 5.41) is 4.91. The van der Waals surface area contributed by atoms with Gasteiger partial charge in [-0.05, 0) is 65.7 Å². The van der Waals surface area contributed by atoms with E-state index >= 15 is 0 Å². The van der Waals surface area contributed by atoms with E-state index in [1.807, 2.05) is 30.3 Å². The van der Waals surface area contributed by atoms with Gasteiger partial charge in [-0.25, -0.2) is 15.0 Å². The third-order valence-electron chi connectivity index (χ3n) is 9.66. The van der Waals surface area contributed by atoms with Gasteiger partial charge in [0.05, 0.1) is 22.1 Å². The van der Waals surface area contributed by atoms with Crippen LogP contribution in [-0.4, -0.2) is 24.1 Å². The molecule has 0 unspecified atom stereocenters. The van der Waals surface area contributed by atoms with Crippen LogP contribution >= 0.6 is 0 Å². The van der Waals surface area contributed by atoms with Crippen molar-refractivity contribution >= 4 is 43.6 Å². The zero-order chi connectivity index (χ0) is 33.0. The Morgan fingerprint density at radius 1 is 0.320 bits per heavy atom. The summed E-state index contributed by atoms with van der Waals surface area (Å²) in [6.45, 7) is 0. The minimum atomic E-state index is 0.644. The highest BCUT2D eigenvalue weighted by Gasteiger charge is 2.17. The van der Waals surface area contributed by atoms with E-state index in [0.29, 0.717) is 11.6 Å². The first-order valence-electron chi connectivity index (χ1n) is 16.8. The summed E-state index contributed by atoms with van der Waals surface area (Å²) < 4.78 is 4.72. The summed E-state index contributed by atoms with van der Waals surface area (Å²) in [7, 11) is 0. The van der Waals surface area contributed by atoms with Crippen LogP contribution in [0.2, 0.25) is 0 Å². The maximum Gasteiger partial charge on any atom is 0.163 e. The van der Waals surface area contributed by atoms with Crippen LogP contribution in [0, 0.1) is 0 Å². The van der Waals surface area contributed by atoms with Crippen LogP contribution in [0.4, 0.5) is 0 Å². The lowest BCUT2D eigenvalue weighted by Crippen LogP contribution is -1.98. The van der Waals surface area contributed by atoms with Crippen molar-refractivity contribution in [3.8, 4) is 45.3 Å². The molecule has 0 saturated carbocycles. The molecular weight excluding hydrogens is 611 g/mol. The normalized spacial score (nSPS) is 11.6. The highest BCUT2D eigenvalue weighted by molar-refractivity contribution is 6.12. The summed E-state index contributed by atoms with van der Waals surface area (Å²) in [5.41, 5.74) is 11.2. The van der Waals surface area contributed by atoms with Crippen molar-refractivity contribution in [1.82, 2.24) is 24.1 Å². The maximum absolute atomic E-state index is 4.85. The van der Waals surface area contributed by atoms with E-state index in [9.17, 15) is 0 Å². The van der Waals surface area contributed by atoms with Crippen molar-refractivity contribution in [3.63, 3.8) is 0 Å². The number of fused-ring (bicyclic) bond motifs is 6. The van der Waals surface area contributed by atoms with Gasteiger partial charge >= 0.3 is 0 Å². The summed E-state index contributed by atoms with van der Waals surface area (Å²) in [6, 6.07) is 60.1. The SMILES string of the molecule is c1ccc(-c2ncnc(-c3cccc(-n4c5ccccc5c5ccc(-c6ccc7c(c6)c6ccccc6n7-c6ccccc6)cc54)c3)n2)cc1. The fraction of sp³-hybridized carbons (Fsp3) is 0. The van der Waals surface area contributed by atoms with Crippen LogP contribution in [-0.2, 0) is 0 Å². The van der Waals surface area contributed by atoms with Gasteiger partial charge in [0.1, 0.15) is 6.33 Å². The van der Waals surface area contributed by atoms with E-state index in [4.69, 9.17) is 4.98 Å². The molecule has 0 spiro atoms. The zero-order valence-electron chi connectivity index (χ0n) is 27.0. The monoisotopic (exact) mass is 639 g/mol. The van der Waals surface area contributed by atoms with Gasteiger partial charge in [0.2, 0.25) is 0 Å². The van der Waals surface area contributed by atoms with Crippen molar-refractivity contribution in [1.29, 1.82) is 0 Å². The van der Waals surface area contributed by atoms with Gasteiger partial charge in [-0.3, -0.25) is 0 Å². The van der Waals surface area contributed by atoms with Crippen molar-refractivity contribution in [2.24, 2.45) is 0 Å². The molecule has 234 valence electrons. The highest BCUT2D eigenvalue weighted by Crippen LogP contribution is 2.38. The second-order valence-corrected chi connectivity index (χ2v) is 12.6. The van der Waals surface area contributed by atoms with Crippen LogP contribution < -0.4 is 0 Å². The summed E-state index contributed by atoms with van der Waals surface area (Å²) in [5.74, 6) is 1.30. The summed E-state index contributed by atoms with van der Waals surface area (Å²) in [6.07, 6.45) is 1.60. The van der Waals surface area contributed by atoms with Crippen molar-refractivity contribution in [2.45, 2.75) is 0 Å². The first-order valence-corrected chi connectivity index (χ1v) is 16.8. The highest BCUT2D eigenvalue weighted by atomic mass is 15.0. The predicted octanol–water partition coefficient (Wildman–Crippen LogP) is 11.1. The second kappa shape index (κ2) is 11.4. The minimum absolute atomic E-state index is 0.644. The van der Waals surface area contributed by atoms with Crippen molar-refractivity contribution < 1.29 is 0 Å². The molecular formula is C45H29N5. The van der Waals surface area contributed by atoms with Gasteiger partial charge in [0.15, 0.2) is 11.6 Å². The topological polar surface area (TPSA) is 48.5 Å². The van der Waals surface area contributed by atoms with Gasteiger partial charge in [-0.15, -0.1) is 0 Å². The lowest BCUT2D eigenvalue weighted by Gasteiger charge is -2.11. The standard InChI is InChI=1S/C45H29N5/c1-3-12-30(13-4-1)44-46-29-47-45(48-44)33-14-11-17-35(26-33)50-40-20-9-7-18-36(40)38-24-22-32(28-43(38)50)31-23-25-42-39(27-31)37-19-8-10-21-41(37)49(42)34-15-5-2-6-16-34/h1-29H. The van der Waals surface area contributed by atoms with Crippen LogP contribution in [0.5, 0.6) is 0 Å². The maximum atomic E-state index is 4.85. The first-order chi connectivity index (χ1) is 24.8. The molecule has 10 rings (SSSR count). The largest absolute Gasteiger partial charge is 0.309 e. The van der Waals surface area contributed by atoms with E-state index in [1.165, 1.54) is 43.7 Å². The third kappa shape index (κ3) is 4.52. The van der Waals surface area contributed by atoms with E-state index in [1.54, 1.807) is 6.33 Å². The Balaban J connectivity index is 1.13. The fourth-order valence-corrected chi connectivity index (χ4v) is 7.38. The third-order valence-corrected chi connectivity index (χ3v) is 9.66. The van der Waals surface area contributed by atoms with E-state index < -0.39 is 0 Å². The Hall–Kier alpha value is -6.85. The number of hydrogen-bond donors (Lipinski definition) is 0.